The monoisotopic (exact) mass is 266 g/mol. The molecule has 100 valence electrons. The van der Waals surface area contributed by atoms with Gasteiger partial charge in [0.05, 0.1) is 18.1 Å². The minimum absolute atomic E-state index is 0.120. The minimum Gasteiger partial charge on any atom is -0.508 e. The van der Waals surface area contributed by atoms with E-state index in [4.69, 9.17) is 5.26 Å². The molecule has 0 aromatic heterocycles. The molecule has 20 heavy (non-hydrogen) atoms. The summed E-state index contributed by atoms with van der Waals surface area (Å²) in [6.07, 6.45) is 0.128. The van der Waals surface area contributed by atoms with Crippen LogP contribution >= 0.6 is 0 Å². The molecule has 0 aliphatic rings. The fraction of sp³-hybridized carbons (Fsp3) is 0.125. The van der Waals surface area contributed by atoms with Gasteiger partial charge in [-0.3, -0.25) is 4.79 Å². The maximum absolute atomic E-state index is 12.2. The maximum atomic E-state index is 12.2. The molecule has 2 aromatic carbocycles. The number of carbonyl (C=O) groups excluding carboxylic acids is 1. The van der Waals surface area contributed by atoms with Crippen LogP contribution in [0.1, 0.15) is 11.1 Å². The number of phenolic OH excluding ortho intramolecular Hbond substituents is 1. The van der Waals surface area contributed by atoms with Crippen molar-refractivity contribution >= 4 is 11.6 Å². The van der Waals surface area contributed by atoms with Crippen molar-refractivity contribution in [3.63, 3.8) is 0 Å². The second-order valence-corrected chi connectivity index (χ2v) is 4.42. The highest BCUT2D eigenvalue weighted by atomic mass is 16.3. The van der Waals surface area contributed by atoms with Gasteiger partial charge in [0.15, 0.2) is 0 Å². The Bertz CT molecular complexity index is 657. The number of hydrogen-bond donors (Lipinski definition) is 1. The number of hydrogen-bond acceptors (Lipinski definition) is 3. The number of likely N-dealkylation sites (N-methyl/N-ethyl adjacent to an activating group) is 1. The van der Waals surface area contributed by atoms with Crippen LogP contribution in [0, 0.1) is 11.3 Å². The van der Waals surface area contributed by atoms with E-state index < -0.39 is 0 Å². The van der Waals surface area contributed by atoms with Crippen molar-refractivity contribution in [1.29, 1.82) is 5.26 Å². The number of amides is 1. The lowest BCUT2D eigenvalue weighted by atomic mass is 10.1. The highest BCUT2D eigenvalue weighted by molar-refractivity contribution is 5.94. The third kappa shape index (κ3) is 2.96. The lowest BCUT2D eigenvalue weighted by Gasteiger charge is -2.17. The van der Waals surface area contributed by atoms with Crippen molar-refractivity contribution in [3.8, 4) is 11.8 Å². The van der Waals surface area contributed by atoms with Gasteiger partial charge in [0.2, 0.25) is 5.91 Å². The summed E-state index contributed by atoms with van der Waals surface area (Å²) < 4.78 is 0. The molecule has 1 amide bonds. The molecule has 0 aliphatic carbocycles. The fourth-order valence-corrected chi connectivity index (χ4v) is 1.85. The smallest absolute Gasteiger partial charge is 0.231 e. The highest BCUT2D eigenvalue weighted by Crippen LogP contribution is 2.19. The van der Waals surface area contributed by atoms with Crippen molar-refractivity contribution in [2.75, 3.05) is 11.9 Å². The molecule has 0 saturated heterocycles. The van der Waals surface area contributed by atoms with E-state index in [0.29, 0.717) is 16.8 Å². The molecular weight excluding hydrogens is 252 g/mol. The van der Waals surface area contributed by atoms with Gasteiger partial charge in [-0.1, -0.05) is 18.2 Å². The zero-order chi connectivity index (χ0) is 14.5. The van der Waals surface area contributed by atoms with Crippen molar-refractivity contribution in [2.24, 2.45) is 0 Å². The van der Waals surface area contributed by atoms with E-state index in [9.17, 15) is 9.90 Å². The summed E-state index contributed by atoms with van der Waals surface area (Å²) >= 11 is 0. The third-order valence-corrected chi connectivity index (χ3v) is 3.09. The van der Waals surface area contributed by atoms with E-state index in [1.165, 1.54) is 4.90 Å². The Morgan fingerprint density at radius 2 is 1.85 bits per heavy atom. The summed E-state index contributed by atoms with van der Waals surface area (Å²) in [6, 6.07) is 15.6. The summed E-state index contributed by atoms with van der Waals surface area (Å²) in [4.78, 5) is 13.7. The number of aromatic hydroxyl groups is 1. The predicted octanol–water partition coefficient (Wildman–Crippen LogP) is 2.47. The van der Waals surface area contributed by atoms with Gasteiger partial charge in [-0.05, 0) is 30.3 Å². The predicted molar refractivity (Wildman–Crippen MR) is 76.4 cm³/mol. The zero-order valence-electron chi connectivity index (χ0n) is 11.1. The van der Waals surface area contributed by atoms with Crippen LogP contribution in [0.2, 0.25) is 0 Å². The quantitative estimate of drug-likeness (QED) is 0.928. The molecule has 0 radical (unpaired) electrons. The molecule has 0 saturated carbocycles. The van der Waals surface area contributed by atoms with Gasteiger partial charge < -0.3 is 10.0 Å². The van der Waals surface area contributed by atoms with Crippen molar-refractivity contribution in [2.45, 2.75) is 6.42 Å². The largest absolute Gasteiger partial charge is 0.508 e. The van der Waals surface area contributed by atoms with Crippen molar-refractivity contribution < 1.29 is 9.90 Å². The molecule has 2 aromatic rings. The second-order valence-electron chi connectivity index (χ2n) is 4.42. The first-order valence-electron chi connectivity index (χ1n) is 6.15. The summed E-state index contributed by atoms with van der Waals surface area (Å²) in [6.45, 7) is 0. The Kier molecular flexibility index (Phi) is 4.02. The Hall–Kier alpha value is -2.80. The first-order chi connectivity index (χ1) is 9.61. The lowest BCUT2D eigenvalue weighted by Crippen LogP contribution is -2.27. The number of anilines is 1. The van der Waals surface area contributed by atoms with Gasteiger partial charge in [0.25, 0.3) is 0 Å². The van der Waals surface area contributed by atoms with Crippen molar-refractivity contribution in [1.82, 2.24) is 0 Å². The molecular formula is C16H14N2O2. The number of benzene rings is 2. The van der Waals surface area contributed by atoms with Crippen LogP contribution in [-0.4, -0.2) is 18.1 Å². The van der Waals surface area contributed by atoms with Crippen LogP contribution < -0.4 is 4.90 Å². The lowest BCUT2D eigenvalue weighted by molar-refractivity contribution is -0.117. The van der Waals surface area contributed by atoms with Gasteiger partial charge in [-0.25, -0.2) is 0 Å². The maximum Gasteiger partial charge on any atom is 0.231 e. The number of nitriles is 1. The first kappa shape index (κ1) is 13.6. The minimum atomic E-state index is -0.129. The van der Waals surface area contributed by atoms with Crippen LogP contribution in [0.4, 0.5) is 5.69 Å². The van der Waals surface area contributed by atoms with E-state index >= 15 is 0 Å². The normalized spacial score (nSPS) is 9.80. The van der Waals surface area contributed by atoms with Crippen LogP contribution in [0.15, 0.2) is 48.5 Å². The Morgan fingerprint density at radius 3 is 2.45 bits per heavy atom. The van der Waals surface area contributed by atoms with Gasteiger partial charge in [-0.15, -0.1) is 0 Å². The standard InChI is InChI=1S/C16H14N2O2/c1-18(14-8-6-12(11-17)7-9-14)16(20)10-13-4-2-3-5-15(13)19/h2-9,19H,10H2,1H3. The van der Waals surface area contributed by atoms with Crippen LogP contribution in [-0.2, 0) is 11.2 Å². The summed E-state index contributed by atoms with van der Waals surface area (Å²) in [5.74, 6) is -0.00899. The van der Waals surface area contributed by atoms with E-state index in [-0.39, 0.29) is 18.1 Å². The van der Waals surface area contributed by atoms with E-state index in [1.807, 2.05) is 6.07 Å². The fourth-order valence-electron chi connectivity index (χ4n) is 1.85. The SMILES string of the molecule is CN(C(=O)Cc1ccccc1O)c1ccc(C#N)cc1. The molecule has 0 bridgehead atoms. The molecule has 0 aliphatic heterocycles. The number of phenols is 1. The molecule has 0 fully saturated rings. The molecule has 0 heterocycles. The van der Waals surface area contributed by atoms with Gasteiger partial charge in [-0.2, -0.15) is 5.26 Å². The molecule has 4 nitrogen and oxygen atoms in total. The Morgan fingerprint density at radius 1 is 1.20 bits per heavy atom. The average Bonchev–Trinajstić information content (AvgIpc) is 2.49. The molecule has 0 unspecified atom stereocenters. The van der Waals surface area contributed by atoms with E-state index in [2.05, 4.69) is 0 Å². The Balaban J connectivity index is 2.12. The zero-order valence-corrected chi connectivity index (χ0v) is 11.1. The number of para-hydroxylation sites is 1. The van der Waals surface area contributed by atoms with Crippen LogP contribution in [0.5, 0.6) is 5.75 Å². The van der Waals surface area contributed by atoms with Gasteiger partial charge in [0.1, 0.15) is 5.75 Å². The topological polar surface area (TPSA) is 64.3 Å². The first-order valence-corrected chi connectivity index (χ1v) is 6.15. The van der Waals surface area contributed by atoms with E-state index in [0.717, 1.165) is 0 Å². The molecule has 2 rings (SSSR count). The molecule has 0 spiro atoms. The Labute approximate surface area is 117 Å². The average molecular weight is 266 g/mol. The number of carbonyl (C=O) groups is 1. The van der Waals surface area contributed by atoms with E-state index in [1.54, 1.807) is 55.6 Å². The number of nitrogens with zero attached hydrogens (tertiary/aromatic N) is 2. The van der Waals surface area contributed by atoms with Gasteiger partial charge in [0, 0.05) is 18.3 Å². The summed E-state index contributed by atoms with van der Waals surface area (Å²) in [5, 5.41) is 18.4. The third-order valence-electron chi connectivity index (χ3n) is 3.09. The second kappa shape index (κ2) is 5.89. The van der Waals surface area contributed by atoms with Crippen LogP contribution in [0.25, 0.3) is 0 Å². The summed E-state index contributed by atoms with van der Waals surface area (Å²) in [5.41, 5.74) is 1.86. The highest BCUT2D eigenvalue weighted by Gasteiger charge is 2.13. The van der Waals surface area contributed by atoms with Gasteiger partial charge >= 0.3 is 0 Å². The van der Waals surface area contributed by atoms with Crippen LogP contribution in [0.3, 0.4) is 0 Å². The molecule has 0 atom stereocenters. The number of rotatable bonds is 3. The summed E-state index contributed by atoms with van der Waals surface area (Å²) in [7, 11) is 1.67. The molecule has 4 heteroatoms. The van der Waals surface area contributed by atoms with Crippen molar-refractivity contribution in [3.05, 3.63) is 59.7 Å². The molecule has 1 N–H and O–H groups in total.